The molecule has 0 aromatic rings. The van der Waals surface area contributed by atoms with Crippen LogP contribution in [0.1, 0.15) is 32.1 Å². The van der Waals surface area contributed by atoms with Crippen molar-refractivity contribution < 1.29 is 4.74 Å². The third kappa shape index (κ3) is 2.25. The maximum atomic E-state index is 5.89. The lowest BCUT2D eigenvalue weighted by Gasteiger charge is -2.33. The number of aliphatic imine (C=N–C) groups is 1. The van der Waals surface area contributed by atoms with Crippen molar-refractivity contribution in [2.75, 3.05) is 26.7 Å². The van der Waals surface area contributed by atoms with Gasteiger partial charge in [0.15, 0.2) is 5.96 Å². The van der Waals surface area contributed by atoms with Gasteiger partial charge in [0.25, 0.3) is 0 Å². The van der Waals surface area contributed by atoms with Gasteiger partial charge < -0.3 is 15.4 Å². The maximum Gasteiger partial charge on any atom is 0.191 e. The van der Waals surface area contributed by atoms with Crippen molar-refractivity contribution in [2.45, 2.75) is 37.7 Å². The lowest BCUT2D eigenvalue weighted by molar-refractivity contribution is 0.00401. The molecule has 0 aromatic heterocycles. The van der Waals surface area contributed by atoms with Gasteiger partial charge >= 0.3 is 0 Å². The van der Waals surface area contributed by atoms with Crippen LogP contribution < -0.4 is 5.73 Å². The van der Waals surface area contributed by atoms with Gasteiger partial charge in [-0.25, -0.2) is 0 Å². The predicted octanol–water partition coefficient (Wildman–Crippen LogP) is 0.966. The van der Waals surface area contributed by atoms with Gasteiger partial charge in [0.1, 0.15) is 0 Å². The van der Waals surface area contributed by atoms with Crippen LogP contribution in [-0.2, 0) is 4.74 Å². The Kier molecular flexibility index (Phi) is 3.14. The summed E-state index contributed by atoms with van der Waals surface area (Å²) in [6, 6.07) is 0. The summed E-state index contributed by atoms with van der Waals surface area (Å²) >= 11 is 0. The lowest BCUT2D eigenvalue weighted by atomic mass is 10.0. The Hall–Kier alpha value is -0.770. The van der Waals surface area contributed by atoms with Gasteiger partial charge in [-0.3, -0.25) is 4.99 Å². The molecule has 1 saturated carbocycles. The van der Waals surface area contributed by atoms with Crippen LogP contribution in [0.15, 0.2) is 4.99 Å². The monoisotopic (exact) mass is 211 g/mol. The molecule has 0 unspecified atom stereocenters. The van der Waals surface area contributed by atoms with E-state index in [1.807, 2.05) is 0 Å². The molecule has 0 amide bonds. The second-order valence-electron chi connectivity index (χ2n) is 4.61. The molecule has 2 fully saturated rings. The molecule has 2 aliphatic rings. The molecule has 0 aromatic carbocycles. The van der Waals surface area contributed by atoms with E-state index in [2.05, 4.69) is 9.89 Å². The van der Waals surface area contributed by atoms with E-state index in [0.717, 1.165) is 32.5 Å². The van der Waals surface area contributed by atoms with E-state index in [4.69, 9.17) is 10.5 Å². The summed E-state index contributed by atoms with van der Waals surface area (Å²) in [7, 11) is 1.79. The smallest absolute Gasteiger partial charge is 0.191 e. The Morgan fingerprint density at radius 1 is 1.33 bits per heavy atom. The summed E-state index contributed by atoms with van der Waals surface area (Å²) in [5.41, 5.74) is 5.87. The SMILES string of the molecule is COC1(CN=C(N)N2CCC2)CCCC1. The molecule has 0 bridgehead atoms. The third-order valence-corrected chi connectivity index (χ3v) is 3.66. The Labute approximate surface area is 91.5 Å². The van der Waals surface area contributed by atoms with E-state index in [1.54, 1.807) is 7.11 Å². The summed E-state index contributed by atoms with van der Waals surface area (Å²) in [6.07, 6.45) is 6.01. The van der Waals surface area contributed by atoms with Crippen molar-refractivity contribution >= 4 is 5.96 Å². The van der Waals surface area contributed by atoms with Crippen LogP contribution in [0.3, 0.4) is 0 Å². The first-order valence-electron chi connectivity index (χ1n) is 5.86. The van der Waals surface area contributed by atoms with E-state index in [9.17, 15) is 0 Å². The number of ether oxygens (including phenoxy) is 1. The summed E-state index contributed by atoms with van der Waals surface area (Å²) in [5, 5.41) is 0. The first-order chi connectivity index (χ1) is 7.26. The normalized spacial score (nSPS) is 25.4. The van der Waals surface area contributed by atoms with Gasteiger partial charge in [0, 0.05) is 20.2 Å². The van der Waals surface area contributed by atoms with E-state index in [0.29, 0.717) is 5.96 Å². The highest BCUT2D eigenvalue weighted by atomic mass is 16.5. The molecular weight excluding hydrogens is 190 g/mol. The van der Waals surface area contributed by atoms with Gasteiger partial charge in [-0.05, 0) is 19.3 Å². The number of rotatable bonds is 3. The van der Waals surface area contributed by atoms with Crippen molar-refractivity contribution in [3.63, 3.8) is 0 Å². The second kappa shape index (κ2) is 4.39. The van der Waals surface area contributed by atoms with Crippen LogP contribution >= 0.6 is 0 Å². The number of nitrogens with zero attached hydrogens (tertiary/aromatic N) is 2. The molecule has 86 valence electrons. The van der Waals surface area contributed by atoms with E-state index < -0.39 is 0 Å². The van der Waals surface area contributed by atoms with E-state index in [-0.39, 0.29) is 5.60 Å². The number of hydrogen-bond acceptors (Lipinski definition) is 2. The fourth-order valence-electron chi connectivity index (χ4n) is 2.32. The quantitative estimate of drug-likeness (QED) is 0.559. The van der Waals surface area contributed by atoms with Crippen molar-refractivity contribution in [1.82, 2.24) is 4.90 Å². The maximum absolute atomic E-state index is 5.89. The van der Waals surface area contributed by atoms with Crippen LogP contribution in [0.2, 0.25) is 0 Å². The van der Waals surface area contributed by atoms with E-state index in [1.165, 1.54) is 19.3 Å². The lowest BCUT2D eigenvalue weighted by Crippen LogP contribution is -2.47. The third-order valence-electron chi connectivity index (χ3n) is 3.66. The van der Waals surface area contributed by atoms with E-state index >= 15 is 0 Å². The Bertz CT molecular complexity index is 242. The number of likely N-dealkylation sites (tertiary alicyclic amines) is 1. The Morgan fingerprint density at radius 2 is 2.00 bits per heavy atom. The molecule has 0 radical (unpaired) electrons. The Balaban J connectivity index is 1.89. The first kappa shape index (κ1) is 10.7. The fourth-order valence-corrected chi connectivity index (χ4v) is 2.32. The highest BCUT2D eigenvalue weighted by molar-refractivity contribution is 5.78. The summed E-state index contributed by atoms with van der Waals surface area (Å²) < 4.78 is 5.60. The number of nitrogens with two attached hydrogens (primary N) is 1. The topological polar surface area (TPSA) is 50.9 Å². The second-order valence-corrected chi connectivity index (χ2v) is 4.61. The van der Waals surface area contributed by atoms with Crippen LogP contribution in [-0.4, -0.2) is 43.2 Å². The minimum atomic E-state index is -0.0184. The first-order valence-corrected chi connectivity index (χ1v) is 5.86. The fraction of sp³-hybridized carbons (Fsp3) is 0.909. The van der Waals surface area contributed by atoms with Crippen molar-refractivity contribution in [2.24, 2.45) is 10.7 Å². The molecule has 4 heteroatoms. The molecule has 0 spiro atoms. The highest BCUT2D eigenvalue weighted by Gasteiger charge is 2.33. The largest absolute Gasteiger partial charge is 0.376 e. The van der Waals surface area contributed by atoms with Crippen molar-refractivity contribution in [3.05, 3.63) is 0 Å². The van der Waals surface area contributed by atoms with Crippen LogP contribution in [0.5, 0.6) is 0 Å². The van der Waals surface area contributed by atoms with Crippen LogP contribution in [0, 0.1) is 0 Å². The molecule has 1 aliphatic carbocycles. The van der Waals surface area contributed by atoms with Gasteiger partial charge in [0.2, 0.25) is 0 Å². The van der Waals surface area contributed by atoms with Crippen molar-refractivity contribution in [1.29, 1.82) is 0 Å². The average molecular weight is 211 g/mol. The highest BCUT2D eigenvalue weighted by Crippen LogP contribution is 2.32. The van der Waals surface area contributed by atoms with Crippen LogP contribution in [0.4, 0.5) is 0 Å². The minimum Gasteiger partial charge on any atom is -0.376 e. The molecule has 1 heterocycles. The zero-order valence-corrected chi connectivity index (χ0v) is 9.54. The zero-order valence-electron chi connectivity index (χ0n) is 9.54. The molecule has 4 nitrogen and oxygen atoms in total. The van der Waals surface area contributed by atoms with Gasteiger partial charge in [-0.2, -0.15) is 0 Å². The molecule has 0 atom stereocenters. The Morgan fingerprint density at radius 3 is 2.47 bits per heavy atom. The van der Waals surface area contributed by atoms with Gasteiger partial charge in [-0.15, -0.1) is 0 Å². The number of hydrogen-bond donors (Lipinski definition) is 1. The number of methoxy groups -OCH3 is 1. The average Bonchev–Trinajstić information content (AvgIpc) is 2.61. The van der Waals surface area contributed by atoms with Gasteiger partial charge in [-0.1, -0.05) is 12.8 Å². The molecular formula is C11H21N3O. The summed E-state index contributed by atoms with van der Waals surface area (Å²) in [6.45, 7) is 2.86. The standard InChI is InChI=1S/C11H21N3O/c1-15-11(5-2-3-6-11)9-13-10(12)14-7-4-8-14/h2-9H2,1H3,(H2,12,13). The summed E-state index contributed by atoms with van der Waals surface area (Å²) in [5.74, 6) is 0.699. The predicted molar refractivity (Wildman–Crippen MR) is 60.9 cm³/mol. The molecule has 2 N–H and O–H groups in total. The minimum absolute atomic E-state index is 0.0184. The molecule has 15 heavy (non-hydrogen) atoms. The molecule has 1 aliphatic heterocycles. The molecule has 1 saturated heterocycles. The molecule has 2 rings (SSSR count). The summed E-state index contributed by atoms with van der Waals surface area (Å²) in [4.78, 5) is 6.59. The zero-order chi connectivity index (χ0) is 10.7. The van der Waals surface area contributed by atoms with Crippen LogP contribution in [0.25, 0.3) is 0 Å². The number of guanidine groups is 1. The van der Waals surface area contributed by atoms with Gasteiger partial charge in [0.05, 0.1) is 12.1 Å². The van der Waals surface area contributed by atoms with Crippen molar-refractivity contribution in [3.8, 4) is 0 Å².